The van der Waals surface area contributed by atoms with E-state index < -0.39 is 0 Å². The molecule has 0 aliphatic carbocycles. The summed E-state index contributed by atoms with van der Waals surface area (Å²) in [6.07, 6.45) is 11.9. The molecule has 0 saturated heterocycles. The van der Waals surface area contributed by atoms with Crippen LogP contribution in [0.5, 0.6) is 11.5 Å². The molecule has 2 aromatic rings. The molecule has 0 N–H and O–H groups in total. The van der Waals surface area contributed by atoms with Crippen LogP contribution in [0.2, 0.25) is 0 Å². The molecule has 0 atom stereocenters. The molecule has 24 heavy (non-hydrogen) atoms. The summed E-state index contributed by atoms with van der Waals surface area (Å²) in [5.41, 5.74) is 3.28. The fourth-order valence-electron chi connectivity index (χ4n) is 3.30. The normalized spacial score (nSPS) is 12.0. The van der Waals surface area contributed by atoms with Gasteiger partial charge in [-0.3, -0.25) is 0 Å². The van der Waals surface area contributed by atoms with E-state index in [2.05, 4.69) is 19.1 Å². The molecule has 1 aliphatic rings. The maximum atomic E-state index is 6.01. The number of aryl methyl sites for hydroxylation is 1. The summed E-state index contributed by atoms with van der Waals surface area (Å²) in [6.45, 7) is 2.27. The van der Waals surface area contributed by atoms with Crippen LogP contribution >= 0.6 is 0 Å². The second kappa shape index (κ2) is 8.77. The van der Waals surface area contributed by atoms with Crippen molar-refractivity contribution in [2.75, 3.05) is 0 Å². The average Bonchev–Trinajstić information content (AvgIpc) is 2.62. The van der Waals surface area contributed by atoms with Gasteiger partial charge in [0.05, 0.1) is 0 Å². The van der Waals surface area contributed by atoms with E-state index in [1.54, 1.807) is 0 Å². The van der Waals surface area contributed by atoms with Gasteiger partial charge in [0.15, 0.2) is 11.5 Å². The number of hydrogen-bond acceptors (Lipinski definition) is 1. The van der Waals surface area contributed by atoms with Gasteiger partial charge in [-0.25, -0.2) is 5.32 Å². The lowest BCUT2D eigenvalue weighted by atomic mass is 10.0. The molecule has 127 valence electrons. The zero-order chi connectivity index (χ0) is 16.6. The van der Waals surface area contributed by atoms with Gasteiger partial charge in [-0.05, 0) is 36.6 Å². The molecule has 0 saturated carbocycles. The minimum absolute atomic E-state index is 0.856. The SMILES string of the molecule is CCCCCCCCCCc1cccc2c1[N]c1ccccc1O2. The molecule has 0 amide bonds. The fourth-order valence-corrected chi connectivity index (χ4v) is 3.30. The van der Waals surface area contributed by atoms with Crippen LogP contribution in [0.15, 0.2) is 42.5 Å². The molecule has 0 spiro atoms. The number of nitrogens with zero attached hydrogens (tertiary/aromatic N) is 1. The van der Waals surface area contributed by atoms with Crippen LogP contribution in [-0.2, 0) is 6.42 Å². The van der Waals surface area contributed by atoms with E-state index in [9.17, 15) is 0 Å². The van der Waals surface area contributed by atoms with Crippen molar-refractivity contribution >= 4 is 11.4 Å². The highest BCUT2D eigenvalue weighted by molar-refractivity contribution is 5.70. The molecule has 0 unspecified atom stereocenters. The van der Waals surface area contributed by atoms with Gasteiger partial charge < -0.3 is 4.74 Å². The van der Waals surface area contributed by atoms with Gasteiger partial charge in [0.1, 0.15) is 11.4 Å². The third kappa shape index (κ3) is 4.31. The molecule has 2 nitrogen and oxygen atoms in total. The van der Waals surface area contributed by atoms with Crippen molar-refractivity contribution in [3.8, 4) is 11.5 Å². The second-order valence-electron chi connectivity index (χ2n) is 6.67. The number of rotatable bonds is 9. The first kappa shape index (κ1) is 16.9. The summed E-state index contributed by atoms with van der Waals surface area (Å²) in [7, 11) is 0. The summed E-state index contributed by atoms with van der Waals surface area (Å²) in [6, 6.07) is 14.3. The molecule has 0 aromatic heterocycles. The number of hydrogen-bond donors (Lipinski definition) is 0. The van der Waals surface area contributed by atoms with Crippen LogP contribution in [-0.4, -0.2) is 0 Å². The van der Waals surface area contributed by atoms with Gasteiger partial charge in [-0.15, -0.1) is 0 Å². The van der Waals surface area contributed by atoms with Crippen molar-refractivity contribution < 1.29 is 4.74 Å². The van der Waals surface area contributed by atoms with E-state index in [0.717, 1.165) is 29.3 Å². The van der Waals surface area contributed by atoms with Crippen LogP contribution in [0.4, 0.5) is 11.4 Å². The first-order chi connectivity index (χ1) is 11.9. The number of fused-ring (bicyclic) bond motifs is 2. The van der Waals surface area contributed by atoms with Crippen LogP contribution in [0.25, 0.3) is 0 Å². The van der Waals surface area contributed by atoms with Gasteiger partial charge in [0, 0.05) is 0 Å². The molecule has 1 heterocycles. The number of ether oxygens (including phenoxy) is 1. The van der Waals surface area contributed by atoms with E-state index in [1.165, 1.54) is 56.9 Å². The first-order valence-corrected chi connectivity index (χ1v) is 9.49. The van der Waals surface area contributed by atoms with Crippen LogP contribution in [0.1, 0.15) is 63.9 Å². The molecular weight excluding hydrogens is 294 g/mol. The Hall–Kier alpha value is -1.96. The summed E-state index contributed by atoms with van der Waals surface area (Å²) in [4.78, 5) is 0. The topological polar surface area (TPSA) is 23.3 Å². The zero-order valence-corrected chi connectivity index (χ0v) is 14.8. The maximum absolute atomic E-state index is 6.01. The minimum Gasteiger partial charge on any atom is -0.453 e. The Morgan fingerprint density at radius 3 is 2.29 bits per heavy atom. The minimum atomic E-state index is 0.856. The summed E-state index contributed by atoms with van der Waals surface area (Å²) >= 11 is 0. The molecule has 2 heteroatoms. The van der Waals surface area contributed by atoms with E-state index >= 15 is 0 Å². The lowest BCUT2D eigenvalue weighted by Gasteiger charge is -2.21. The Bertz CT molecular complexity index is 650. The van der Waals surface area contributed by atoms with E-state index in [-0.39, 0.29) is 0 Å². The van der Waals surface area contributed by atoms with Crippen molar-refractivity contribution in [1.29, 1.82) is 0 Å². The molecule has 2 aromatic carbocycles. The average molecular weight is 322 g/mol. The van der Waals surface area contributed by atoms with Crippen molar-refractivity contribution in [2.45, 2.75) is 64.7 Å². The van der Waals surface area contributed by atoms with Crippen molar-refractivity contribution in [3.63, 3.8) is 0 Å². The smallest absolute Gasteiger partial charge is 0.153 e. The largest absolute Gasteiger partial charge is 0.453 e. The zero-order valence-electron chi connectivity index (χ0n) is 14.8. The molecule has 0 bridgehead atoms. The molecule has 1 radical (unpaired) electrons. The summed E-state index contributed by atoms with van der Waals surface area (Å²) in [5, 5.41) is 4.83. The first-order valence-electron chi connectivity index (χ1n) is 9.49. The van der Waals surface area contributed by atoms with Crippen molar-refractivity contribution in [1.82, 2.24) is 5.32 Å². The highest BCUT2D eigenvalue weighted by atomic mass is 16.5. The van der Waals surface area contributed by atoms with Crippen LogP contribution in [0.3, 0.4) is 0 Å². The Labute approximate surface area is 146 Å². The van der Waals surface area contributed by atoms with Gasteiger partial charge in [0.2, 0.25) is 0 Å². The molecule has 1 aliphatic heterocycles. The summed E-state index contributed by atoms with van der Waals surface area (Å²) < 4.78 is 6.01. The molecule has 3 rings (SSSR count). The second-order valence-corrected chi connectivity index (χ2v) is 6.67. The van der Waals surface area contributed by atoms with Crippen LogP contribution < -0.4 is 10.1 Å². The third-order valence-electron chi connectivity index (χ3n) is 4.70. The monoisotopic (exact) mass is 322 g/mol. The Morgan fingerprint density at radius 2 is 1.46 bits per heavy atom. The maximum Gasteiger partial charge on any atom is 0.153 e. The number of unbranched alkanes of at least 4 members (excludes halogenated alkanes) is 7. The van der Waals surface area contributed by atoms with Gasteiger partial charge >= 0.3 is 0 Å². The quantitative estimate of drug-likeness (QED) is 0.387. The predicted octanol–water partition coefficient (Wildman–Crippen LogP) is 7.04. The van der Waals surface area contributed by atoms with E-state index in [1.807, 2.05) is 30.3 Å². The summed E-state index contributed by atoms with van der Waals surface area (Å²) in [5.74, 6) is 1.75. The van der Waals surface area contributed by atoms with E-state index in [4.69, 9.17) is 10.1 Å². The lowest BCUT2D eigenvalue weighted by Crippen LogP contribution is -2.04. The fraction of sp³-hybridized carbons (Fsp3) is 0.455. The van der Waals surface area contributed by atoms with Gasteiger partial charge in [-0.2, -0.15) is 0 Å². The number of benzene rings is 2. The Morgan fingerprint density at radius 1 is 0.750 bits per heavy atom. The highest BCUT2D eigenvalue weighted by Crippen LogP contribution is 2.43. The Kier molecular flexibility index (Phi) is 6.17. The van der Waals surface area contributed by atoms with Crippen molar-refractivity contribution in [2.24, 2.45) is 0 Å². The van der Waals surface area contributed by atoms with Gasteiger partial charge in [0.25, 0.3) is 0 Å². The molecule has 0 fully saturated rings. The Balaban J connectivity index is 1.50. The standard InChI is InChI=1S/C22H28NO/c1-2-3-4-5-6-7-8-9-13-18-14-12-17-21-22(18)23-19-15-10-11-16-20(19)24-21/h10-12,14-17H,2-9,13H2,1H3. The van der Waals surface area contributed by atoms with Crippen LogP contribution in [0, 0.1) is 0 Å². The lowest BCUT2D eigenvalue weighted by molar-refractivity contribution is 0.470. The predicted molar refractivity (Wildman–Crippen MR) is 101 cm³/mol. The third-order valence-corrected chi connectivity index (χ3v) is 4.70. The van der Waals surface area contributed by atoms with Gasteiger partial charge in [-0.1, -0.05) is 76.1 Å². The number of para-hydroxylation sites is 3. The van der Waals surface area contributed by atoms with E-state index in [0.29, 0.717) is 0 Å². The highest BCUT2D eigenvalue weighted by Gasteiger charge is 2.19. The van der Waals surface area contributed by atoms with Crippen molar-refractivity contribution in [3.05, 3.63) is 48.0 Å². The molecular formula is C22H28NO.